The molecule has 1 heterocycles. The minimum atomic E-state index is -0.00716. The zero-order chi connectivity index (χ0) is 12.4. The second-order valence-corrected chi connectivity index (χ2v) is 4.34. The van der Waals surface area contributed by atoms with E-state index < -0.39 is 0 Å². The zero-order valence-electron chi connectivity index (χ0n) is 9.75. The number of aromatic amines is 1. The molecule has 0 unspecified atom stereocenters. The molecule has 1 radical (unpaired) electrons. The number of ketones is 1. The average molecular weight is 247 g/mol. The van der Waals surface area contributed by atoms with E-state index in [1.54, 1.807) is 24.3 Å². The molecule has 1 aromatic heterocycles. The number of aromatic nitrogens is 1. The first kappa shape index (κ1) is 11.9. The summed E-state index contributed by atoms with van der Waals surface area (Å²) in [5.41, 5.74) is 3.19. The highest BCUT2D eigenvalue weighted by Crippen LogP contribution is 2.17. The molecule has 0 fully saturated rings. The summed E-state index contributed by atoms with van der Waals surface area (Å²) in [6.07, 6.45) is 1.94. The zero-order valence-corrected chi connectivity index (χ0v) is 10.5. The fraction of sp³-hybridized carbons (Fsp3) is 0.143. The van der Waals surface area contributed by atoms with Crippen molar-refractivity contribution in [1.82, 2.24) is 4.98 Å². The topological polar surface area (TPSA) is 32.9 Å². The quantitative estimate of drug-likeness (QED) is 0.822. The van der Waals surface area contributed by atoms with Crippen molar-refractivity contribution in [1.29, 1.82) is 0 Å². The molecule has 1 aromatic carbocycles. The van der Waals surface area contributed by atoms with Crippen molar-refractivity contribution in [3.63, 3.8) is 0 Å². The van der Waals surface area contributed by atoms with Gasteiger partial charge in [0.15, 0.2) is 0 Å². The first-order chi connectivity index (χ1) is 8.11. The van der Waals surface area contributed by atoms with Crippen molar-refractivity contribution < 1.29 is 4.79 Å². The number of hydrogen-bond acceptors (Lipinski definition) is 1. The maximum absolute atomic E-state index is 12.2. The summed E-state index contributed by atoms with van der Waals surface area (Å²) < 4.78 is 0. The highest BCUT2D eigenvalue weighted by molar-refractivity contribution is 6.30. The first-order valence-corrected chi connectivity index (χ1v) is 5.79. The van der Waals surface area contributed by atoms with Crippen LogP contribution in [0.5, 0.6) is 0 Å². The standard InChI is InChI=1S/C14H13ClNO/c1-3-12-8-9(2)13(16-12)14(17)10-4-6-11(15)7-5-10/h3-8,16H,1-2H3. The van der Waals surface area contributed by atoms with Crippen molar-refractivity contribution in [2.45, 2.75) is 13.8 Å². The molecule has 0 atom stereocenters. The summed E-state index contributed by atoms with van der Waals surface area (Å²) in [4.78, 5) is 15.3. The van der Waals surface area contributed by atoms with Crippen LogP contribution >= 0.6 is 11.6 Å². The third-order valence-corrected chi connectivity index (χ3v) is 2.93. The summed E-state index contributed by atoms with van der Waals surface area (Å²) in [7, 11) is 0. The highest BCUT2D eigenvalue weighted by Gasteiger charge is 2.14. The van der Waals surface area contributed by atoms with Gasteiger partial charge in [-0.2, -0.15) is 0 Å². The SMILES string of the molecule is C[CH]c1cc(C)c(C(=O)c2ccc(Cl)cc2)[nH]1. The van der Waals surface area contributed by atoms with Crippen LogP contribution in [0.2, 0.25) is 5.02 Å². The van der Waals surface area contributed by atoms with Crippen molar-refractivity contribution in [2.24, 2.45) is 0 Å². The molecule has 3 heteroatoms. The molecule has 2 rings (SSSR count). The molecule has 87 valence electrons. The van der Waals surface area contributed by atoms with Crippen molar-refractivity contribution in [3.05, 3.63) is 64.3 Å². The van der Waals surface area contributed by atoms with Gasteiger partial charge >= 0.3 is 0 Å². The van der Waals surface area contributed by atoms with Gasteiger partial charge in [0.2, 0.25) is 5.78 Å². The van der Waals surface area contributed by atoms with Crippen molar-refractivity contribution in [3.8, 4) is 0 Å². The molecule has 0 spiro atoms. The second kappa shape index (κ2) is 4.76. The summed E-state index contributed by atoms with van der Waals surface area (Å²) in [6, 6.07) is 8.88. The third kappa shape index (κ3) is 2.42. The van der Waals surface area contributed by atoms with Gasteiger partial charge in [-0.15, -0.1) is 0 Å². The van der Waals surface area contributed by atoms with Crippen LogP contribution in [0.1, 0.15) is 34.2 Å². The maximum Gasteiger partial charge on any atom is 0.209 e. The van der Waals surface area contributed by atoms with Gasteiger partial charge in [0.1, 0.15) is 0 Å². The minimum Gasteiger partial charge on any atom is -0.355 e. The average Bonchev–Trinajstić information content (AvgIpc) is 2.71. The Bertz CT molecular complexity index is 540. The minimum absolute atomic E-state index is 0.00716. The lowest BCUT2D eigenvalue weighted by molar-refractivity contribution is 0.103. The van der Waals surface area contributed by atoms with Crippen LogP contribution in [-0.4, -0.2) is 10.8 Å². The number of rotatable bonds is 3. The number of benzene rings is 1. The molecule has 0 amide bonds. The van der Waals surface area contributed by atoms with E-state index in [-0.39, 0.29) is 5.78 Å². The molecule has 2 aromatic rings. The summed E-state index contributed by atoms with van der Waals surface area (Å²) >= 11 is 5.80. The van der Waals surface area contributed by atoms with Crippen LogP contribution in [0, 0.1) is 13.3 Å². The Morgan fingerprint density at radius 2 is 1.94 bits per heavy atom. The fourth-order valence-corrected chi connectivity index (χ4v) is 1.85. The lowest BCUT2D eigenvalue weighted by Crippen LogP contribution is -2.03. The Balaban J connectivity index is 2.36. The van der Waals surface area contributed by atoms with Gasteiger partial charge in [-0.25, -0.2) is 0 Å². The Kier molecular flexibility index (Phi) is 3.34. The third-order valence-electron chi connectivity index (χ3n) is 2.68. The Morgan fingerprint density at radius 1 is 1.29 bits per heavy atom. The van der Waals surface area contributed by atoms with Crippen LogP contribution in [0.4, 0.5) is 0 Å². The van der Waals surface area contributed by atoms with E-state index in [9.17, 15) is 4.79 Å². The Labute approximate surface area is 106 Å². The molecule has 0 bridgehead atoms. The fourth-order valence-electron chi connectivity index (χ4n) is 1.72. The second-order valence-electron chi connectivity index (χ2n) is 3.91. The molecule has 17 heavy (non-hydrogen) atoms. The van der Waals surface area contributed by atoms with E-state index in [2.05, 4.69) is 4.98 Å². The van der Waals surface area contributed by atoms with E-state index in [4.69, 9.17) is 11.6 Å². The van der Waals surface area contributed by atoms with Gasteiger partial charge in [-0.3, -0.25) is 4.79 Å². The van der Waals surface area contributed by atoms with E-state index in [1.165, 1.54) is 0 Å². The van der Waals surface area contributed by atoms with Crippen LogP contribution in [0.25, 0.3) is 0 Å². The van der Waals surface area contributed by atoms with Gasteiger partial charge in [-0.05, 0) is 42.8 Å². The van der Waals surface area contributed by atoms with E-state index in [0.29, 0.717) is 16.3 Å². The van der Waals surface area contributed by atoms with Crippen molar-refractivity contribution >= 4 is 17.4 Å². The van der Waals surface area contributed by atoms with Gasteiger partial charge in [0.05, 0.1) is 5.69 Å². The molecule has 0 saturated carbocycles. The summed E-state index contributed by atoms with van der Waals surface area (Å²) in [6.45, 7) is 3.86. The first-order valence-electron chi connectivity index (χ1n) is 5.41. The monoisotopic (exact) mass is 246 g/mol. The van der Waals surface area contributed by atoms with Gasteiger partial charge in [0, 0.05) is 22.7 Å². The molecular formula is C14H13ClNO. The van der Waals surface area contributed by atoms with Crippen LogP contribution in [0.15, 0.2) is 30.3 Å². The molecule has 0 aliphatic heterocycles. The van der Waals surface area contributed by atoms with Crippen LogP contribution < -0.4 is 0 Å². The van der Waals surface area contributed by atoms with Gasteiger partial charge in [-0.1, -0.05) is 18.5 Å². The van der Waals surface area contributed by atoms with E-state index in [0.717, 1.165) is 11.3 Å². The Morgan fingerprint density at radius 3 is 2.47 bits per heavy atom. The van der Waals surface area contributed by atoms with Gasteiger partial charge in [0.25, 0.3) is 0 Å². The predicted molar refractivity (Wildman–Crippen MR) is 69.5 cm³/mol. The van der Waals surface area contributed by atoms with Crippen molar-refractivity contribution in [2.75, 3.05) is 0 Å². The lowest BCUT2D eigenvalue weighted by atomic mass is 10.1. The maximum atomic E-state index is 12.2. The summed E-state index contributed by atoms with van der Waals surface area (Å²) in [5, 5.41) is 0.632. The van der Waals surface area contributed by atoms with Gasteiger partial charge < -0.3 is 4.98 Å². The lowest BCUT2D eigenvalue weighted by Gasteiger charge is -2.00. The molecule has 0 aliphatic rings. The van der Waals surface area contributed by atoms with E-state index in [1.807, 2.05) is 26.3 Å². The number of hydrogen-bond donors (Lipinski definition) is 1. The Hall–Kier alpha value is -1.54. The molecule has 2 nitrogen and oxygen atoms in total. The number of halogens is 1. The summed E-state index contributed by atoms with van der Waals surface area (Å²) in [5.74, 6) is -0.00716. The number of carbonyl (C=O) groups is 1. The highest BCUT2D eigenvalue weighted by atomic mass is 35.5. The smallest absolute Gasteiger partial charge is 0.209 e. The number of H-pyrrole nitrogens is 1. The molecule has 0 saturated heterocycles. The van der Waals surface area contributed by atoms with E-state index >= 15 is 0 Å². The molecule has 1 N–H and O–H groups in total. The molecular weight excluding hydrogens is 234 g/mol. The largest absolute Gasteiger partial charge is 0.355 e. The van der Waals surface area contributed by atoms with Crippen LogP contribution in [-0.2, 0) is 0 Å². The number of carbonyl (C=O) groups excluding carboxylic acids is 1. The normalized spacial score (nSPS) is 10.5. The molecule has 0 aliphatic carbocycles. The predicted octanol–water partition coefficient (Wildman–Crippen LogP) is 3.78. The van der Waals surface area contributed by atoms with Crippen LogP contribution in [0.3, 0.4) is 0 Å². The number of nitrogens with one attached hydrogen (secondary N) is 1. The number of aryl methyl sites for hydroxylation is 1.